The van der Waals surface area contributed by atoms with Gasteiger partial charge in [0.15, 0.2) is 17.5 Å². The van der Waals surface area contributed by atoms with E-state index in [2.05, 4.69) is 33.7 Å². The second kappa shape index (κ2) is 13.6. The molecule has 2 aromatic rings. The molecule has 1 aromatic heterocycles. The van der Waals surface area contributed by atoms with Gasteiger partial charge < -0.3 is 20.1 Å². The Bertz CT molecular complexity index is 826. The van der Waals surface area contributed by atoms with E-state index in [1.165, 1.54) is 5.69 Å². The second-order valence-electron chi connectivity index (χ2n) is 6.67. The van der Waals surface area contributed by atoms with Gasteiger partial charge in [-0.3, -0.25) is 4.68 Å². The molecule has 2 N–H and O–H groups in total. The fourth-order valence-corrected chi connectivity index (χ4v) is 3.29. The molecule has 0 radical (unpaired) electrons. The third kappa shape index (κ3) is 7.86. The number of methoxy groups -OCH3 is 1. The number of hydrogen-bond acceptors (Lipinski definition) is 4. The van der Waals surface area contributed by atoms with Crippen molar-refractivity contribution in [2.24, 2.45) is 4.99 Å². The van der Waals surface area contributed by atoms with Crippen LogP contribution in [0.4, 0.5) is 0 Å². The van der Waals surface area contributed by atoms with E-state index in [1.807, 2.05) is 37.6 Å². The molecule has 0 fully saturated rings. The molecular formula is C21H33ClIN5O2. The van der Waals surface area contributed by atoms with E-state index in [0.717, 1.165) is 43.3 Å². The van der Waals surface area contributed by atoms with Crippen LogP contribution in [-0.4, -0.2) is 42.5 Å². The summed E-state index contributed by atoms with van der Waals surface area (Å²) in [6.45, 7) is 11.5. The van der Waals surface area contributed by atoms with Crippen molar-refractivity contribution in [3.8, 4) is 11.5 Å². The van der Waals surface area contributed by atoms with Gasteiger partial charge in [-0.1, -0.05) is 11.6 Å². The lowest BCUT2D eigenvalue weighted by Crippen LogP contribution is -2.38. The van der Waals surface area contributed by atoms with E-state index >= 15 is 0 Å². The summed E-state index contributed by atoms with van der Waals surface area (Å²) >= 11 is 6.35. The number of nitrogens with one attached hydrogen (secondary N) is 2. The number of benzene rings is 1. The van der Waals surface area contributed by atoms with E-state index in [9.17, 15) is 0 Å². The Kier molecular flexibility index (Phi) is 11.9. The van der Waals surface area contributed by atoms with Gasteiger partial charge in [0.1, 0.15) is 0 Å². The maximum atomic E-state index is 6.35. The Labute approximate surface area is 201 Å². The normalized spacial score (nSPS) is 11.1. The molecule has 1 aromatic carbocycles. The maximum Gasteiger partial charge on any atom is 0.191 e. The molecule has 2 rings (SSSR count). The van der Waals surface area contributed by atoms with E-state index in [0.29, 0.717) is 29.7 Å². The molecule has 1 heterocycles. The van der Waals surface area contributed by atoms with Gasteiger partial charge in [-0.05, 0) is 57.9 Å². The molecular weight excluding hydrogens is 517 g/mol. The second-order valence-corrected chi connectivity index (χ2v) is 7.07. The maximum absolute atomic E-state index is 6.35. The van der Waals surface area contributed by atoms with Crippen molar-refractivity contribution >= 4 is 41.5 Å². The van der Waals surface area contributed by atoms with Gasteiger partial charge in [-0.25, -0.2) is 4.99 Å². The Morgan fingerprint density at radius 2 is 1.97 bits per heavy atom. The lowest BCUT2D eigenvalue weighted by atomic mass is 10.2. The number of hydrogen-bond donors (Lipinski definition) is 2. The first-order valence-corrected chi connectivity index (χ1v) is 10.4. The average Bonchev–Trinajstić information content (AvgIpc) is 3.01. The van der Waals surface area contributed by atoms with Crippen molar-refractivity contribution in [1.29, 1.82) is 0 Å². The predicted octanol–water partition coefficient (Wildman–Crippen LogP) is 4.32. The van der Waals surface area contributed by atoms with Crippen LogP contribution in [0.1, 0.15) is 37.2 Å². The van der Waals surface area contributed by atoms with Gasteiger partial charge in [0.2, 0.25) is 0 Å². The molecule has 0 atom stereocenters. The van der Waals surface area contributed by atoms with Crippen molar-refractivity contribution in [2.75, 3.05) is 26.8 Å². The molecule has 0 spiro atoms. The van der Waals surface area contributed by atoms with E-state index in [1.54, 1.807) is 7.11 Å². The van der Waals surface area contributed by atoms with Crippen LogP contribution in [0.25, 0.3) is 0 Å². The number of aryl methyl sites for hydroxylation is 3. The highest BCUT2D eigenvalue weighted by molar-refractivity contribution is 14.0. The number of halogens is 2. The quantitative estimate of drug-likeness (QED) is 0.200. The molecule has 0 saturated heterocycles. The lowest BCUT2D eigenvalue weighted by molar-refractivity contribution is 0.311. The predicted molar refractivity (Wildman–Crippen MR) is 134 cm³/mol. The molecule has 168 valence electrons. The molecule has 30 heavy (non-hydrogen) atoms. The largest absolute Gasteiger partial charge is 0.493 e. The summed E-state index contributed by atoms with van der Waals surface area (Å²) in [5.74, 6) is 1.95. The molecule has 7 nitrogen and oxygen atoms in total. The Hall–Kier alpha value is -1.68. The zero-order valence-corrected chi connectivity index (χ0v) is 21.5. The third-order valence-electron chi connectivity index (χ3n) is 4.28. The third-order valence-corrected chi connectivity index (χ3v) is 4.57. The van der Waals surface area contributed by atoms with Gasteiger partial charge in [-0.2, -0.15) is 5.10 Å². The minimum absolute atomic E-state index is 0. The topological polar surface area (TPSA) is 72.7 Å². The van der Waals surface area contributed by atoms with Gasteiger partial charge in [0.05, 0.1) is 31.0 Å². The minimum atomic E-state index is 0. The number of aromatic nitrogens is 2. The standard InChI is InChI=1S/C21H32ClN5O2.HI/c1-6-23-21(24-9-8-10-27-16(4)11-15(3)26-27)25-14-17-12-18(22)20(29-7-2)19(13-17)28-5;/h11-13H,6-10,14H2,1-5H3,(H2,23,24,25);1H. The first-order chi connectivity index (χ1) is 14.0. The number of nitrogens with zero attached hydrogens (tertiary/aromatic N) is 3. The van der Waals surface area contributed by atoms with Crippen molar-refractivity contribution in [3.05, 3.63) is 40.2 Å². The molecule has 0 amide bonds. The summed E-state index contributed by atoms with van der Waals surface area (Å²) in [6.07, 6.45) is 0.953. The molecule has 0 aliphatic carbocycles. The van der Waals surface area contributed by atoms with Gasteiger partial charge in [0, 0.05) is 25.3 Å². The van der Waals surface area contributed by atoms with Gasteiger partial charge >= 0.3 is 0 Å². The highest BCUT2D eigenvalue weighted by Crippen LogP contribution is 2.36. The van der Waals surface area contributed by atoms with Crippen molar-refractivity contribution in [3.63, 3.8) is 0 Å². The fraction of sp³-hybridized carbons (Fsp3) is 0.524. The number of rotatable bonds is 10. The first kappa shape index (κ1) is 26.4. The Morgan fingerprint density at radius 3 is 2.57 bits per heavy atom. The number of ether oxygens (including phenoxy) is 2. The molecule has 0 aliphatic rings. The summed E-state index contributed by atoms with van der Waals surface area (Å²) in [5.41, 5.74) is 3.19. The van der Waals surface area contributed by atoms with Crippen LogP contribution in [0, 0.1) is 13.8 Å². The molecule has 0 bridgehead atoms. The minimum Gasteiger partial charge on any atom is -0.493 e. The monoisotopic (exact) mass is 549 g/mol. The number of guanidine groups is 1. The molecule has 0 aliphatic heterocycles. The summed E-state index contributed by atoms with van der Waals surface area (Å²) in [5, 5.41) is 11.7. The van der Waals surface area contributed by atoms with Crippen LogP contribution < -0.4 is 20.1 Å². The number of aliphatic imine (C=N–C) groups is 1. The summed E-state index contributed by atoms with van der Waals surface area (Å²) in [4.78, 5) is 4.66. The zero-order valence-electron chi connectivity index (χ0n) is 18.4. The van der Waals surface area contributed by atoms with Crippen LogP contribution in [-0.2, 0) is 13.1 Å². The van der Waals surface area contributed by atoms with E-state index in [-0.39, 0.29) is 24.0 Å². The van der Waals surface area contributed by atoms with Crippen LogP contribution in [0.5, 0.6) is 11.5 Å². The van der Waals surface area contributed by atoms with Crippen molar-refractivity contribution in [1.82, 2.24) is 20.4 Å². The summed E-state index contributed by atoms with van der Waals surface area (Å²) in [7, 11) is 1.61. The Balaban J connectivity index is 0.00000450. The van der Waals surface area contributed by atoms with Crippen LogP contribution in [0.15, 0.2) is 23.2 Å². The molecule has 0 unspecified atom stereocenters. The smallest absolute Gasteiger partial charge is 0.191 e. The zero-order chi connectivity index (χ0) is 21.2. The molecule has 0 saturated carbocycles. The van der Waals surface area contributed by atoms with Gasteiger partial charge in [0.25, 0.3) is 0 Å². The van der Waals surface area contributed by atoms with E-state index in [4.69, 9.17) is 21.1 Å². The van der Waals surface area contributed by atoms with Crippen LogP contribution in [0.3, 0.4) is 0 Å². The summed E-state index contributed by atoms with van der Waals surface area (Å²) < 4.78 is 13.0. The Morgan fingerprint density at radius 1 is 1.20 bits per heavy atom. The van der Waals surface area contributed by atoms with Crippen LogP contribution >= 0.6 is 35.6 Å². The lowest BCUT2D eigenvalue weighted by Gasteiger charge is -2.14. The van der Waals surface area contributed by atoms with Crippen molar-refractivity contribution in [2.45, 2.75) is 47.2 Å². The summed E-state index contributed by atoms with van der Waals surface area (Å²) in [6, 6.07) is 5.87. The molecule has 9 heteroatoms. The first-order valence-electron chi connectivity index (χ1n) is 10.0. The highest BCUT2D eigenvalue weighted by atomic mass is 127. The fourth-order valence-electron chi connectivity index (χ4n) is 3.00. The van der Waals surface area contributed by atoms with Crippen LogP contribution in [0.2, 0.25) is 5.02 Å². The highest BCUT2D eigenvalue weighted by Gasteiger charge is 2.11. The van der Waals surface area contributed by atoms with Crippen molar-refractivity contribution < 1.29 is 9.47 Å². The van der Waals surface area contributed by atoms with E-state index < -0.39 is 0 Å². The SMILES string of the molecule is CCNC(=NCc1cc(Cl)c(OCC)c(OC)c1)NCCCn1nc(C)cc1C.I. The van der Waals surface area contributed by atoms with Gasteiger partial charge in [-0.15, -0.1) is 24.0 Å². The average molecular weight is 550 g/mol.